The highest BCUT2D eigenvalue weighted by Gasteiger charge is 2.07. The van der Waals surface area contributed by atoms with Crippen LogP contribution in [0.2, 0.25) is 5.02 Å². The first-order chi connectivity index (χ1) is 8.69. The highest BCUT2D eigenvalue weighted by molar-refractivity contribution is 7.13. The lowest BCUT2D eigenvalue weighted by Crippen LogP contribution is -2.16. The summed E-state index contributed by atoms with van der Waals surface area (Å²) in [5.74, 6) is 0. The second-order valence-corrected chi connectivity index (χ2v) is 5.41. The standard InChI is InChI=1S/C13H16ClN3S/c1-15-7-12-9-18-13(16-12)17(2)8-10-4-3-5-11(14)6-10/h3-6,9,15H,7-8H2,1-2H3. The number of nitrogens with zero attached hydrogens (tertiary/aromatic N) is 2. The van der Waals surface area contributed by atoms with Crippen molar-refractivity contribution in [1.82, 2.24) is 10.3 Å². The Kier molecular flexibility index (Phi) is 4.58. The first-order valence-corrected chi connectivity index (χ1v) is 6.99. The molecule has 0 saturated heterocycles. The van der Waals surface area contributed by atoms with Crippen LogP contribution in [0.25, 0.3) is 0 Å². The van der Waals surface area contributed by atoms with Gasteiger partial charge in [-0.25, -0.2) is 4.98 Å². The third kappa shape index (κ3) is 3.45. The fourth-order valence-corrected chi connectivity index (χ4v) is 2.72. The normalized spacial score (nSPS) is 10.6. The molecule has 5 heteroatoms. The van der Waals surface area contributed by atoms with Crippen molar-refractivity contribution < 1.29 is 0 Å². The summed E-state index contributed by atoms with van der Waals surface area (Å²) in [6, 6.07) is 7.92. The van der Waals surface area contributed by atoms with E-state index in [0.717, 1.165) is 28.9 Å². The lowest BCUT2D eigenvalue weighted by molar-refractivity contribution is 0.792. The van der Waals surface area contributed by atoms with Gasteiger partial charge in [-0.05, 0) is 24.7 Å². The second-order valence-electron chi connectivity index (χ2n) is 4.14. The molecule has 1 N–H and O–H groups in total. The van der Waals surface area contributed by atoms with E-state index in [9.17, 15) is 0 Å². The fourth-order valence-electron chi connectivity index (χ4n) is 1.71. The Morgan fingerprint density at radius 2 is 2.28 bits per heavy atom. The molecule has 1 aromatic heterocycles. The molecule has 0 atom stereocenters. The van der Waals surface area contributed by atoms with E-state index < -0.39 is 0 Å². The van der Waals surface area contributed by atoms with E-state index >= 15 is 0 Å². The summed E-state index contributed by atoms with van der Waals surface area (Å²) in [6.07, 6.45) is 0. The van der Waals surface area contributed by atoms with Gasteiger partial charge in [0.15, 0.2) is 5.13 Å². The Labute approximate surface area is 116 Å². The smallest absolute Gasteiger partial charge is 0.185 e. The number of hydrogen-bond donors (Lipinski definition) is 1. The van der Waals surface area contributed by atoms with Gasteiger partial charge in [-0.1, -0.05) is 23.7 Å². The molecule has 0 fully saturated rings. The molecule has 0 aliphatic heterocycles. The van der Waals surface area contributed by atoms with Gasteiger partial charge in [-0.15, -0.1) is 11.3 Å². The quantitative estimate of drug-likeness (QED) is 0.912. The first-order valence-electron chi connectivity index (χ1n) is 5.73. The average Bonchev–Trinajstić information content (AvgIpc) is 2.78. The Balaban J connectivity index is 2.04. The van der Waals surface area contributed by atoms with Gasteiger partial charge in [0.25, 0.3) is 0 Å². The molecule has 0 radical (unpaired) electrons. The summed E-state index contributed by atoms with van der Waals surface area (Å²) in [6.45, 7) is 1.62. The molecular weight excluding hydrogens is 266 g/mol. The van der Waals surface area contributed by atoms with Gasteiger partial charge in [0.05, 0.1) is 5.69 Å². The van der Waals surface area contributed by atoms with E-state index in [1.807, 2.05) is 32.3 Å². The predicted octanol–water partition coefficient (Wildman–Crippen LogP) is 3.15. The average molecular weight is 282 g/mol. The van der Waals surface area contributed by atoms with Crippen LogP contribution in [0, 0.1) is 0 Å². The lowest BCUT2D eigenvalue weighted by atomic mass is 10.2. The zero-order valence-corrected chi connectivity index (χ0v) is 12.1. The number of anilines is 1. The molecule has 2 aromatic rings. The monoisotopic (exact) mass is 281 g/mol. The van der Waals surface area contributed by atoms with E-state index in [1.165, 1.54) is 5.56 Å². The molecule has 0 bridgehead atoms. The van der Waals surface area contributed by atoms with Gasteiger partial charge in [0, 0.05) is 30.5 Å². The van der Waals surface area contributed by atoms with Gasteiger partial charge < -0.3 is 10.2 Å². The van der Waals surface area contributed by atoms with E-state index in [-0.39, 0.29) is 0 Å². The number of hydrogen-bond acceptors (Lipinski definition) is 4. The molecule has 1 heterocycles. The van der Waals surface area contributed by atoms with Crippen LogP contribution in [0.5, 0.6) is 0 Å². The summed E-state index contributed by atoms with van der Waals surface area (Å²) in [5, 5.41) is 6.99. The third-order valence-electron chi connectivity index (χ3n) is 2.53. The predicted molar refractivity (Wildman–Crippen MR) is 78.4 cm³/mol. The van der Waals surface area contributed by atoms with Crippen molar-refractivity contribution in [2.24, 2.45) is 0 Å². The van der Waals surface area contributed by atoms with Crippen molar-refractivity contribution in [3.05, 3.63) is 45.9 Å². The summed E-state index contributed by atoms with van der Waals surface area (Å²) in [4.78, 5) is 6.70. The molecule has 0 unspecified atom stereocenters. The molecule has 0 aliphatic carbocycles. The van der Waals surface area contributed by atoms with Crippen LogP contribution >= 0.6 is 22.9 Å². The molecule has 0 saturated carbocycles. The van der Waals surface area contributed by atoms with Gasteiger partial charge in [-0.3, -0.25) is 0 Å². The summed E-state index contributed by atoms with van der Waals surface area (Å²) < 4.78 is 0. The number of aromatic nitrogens is 1. The van der Waals surface area contributed by atoms with E-state index in [1.54, 1.807) is 11.3 Å². The minimum Gasteiger partial charge on any atom is -0.347 e. The number of halogens is 1. The van der Waals surface area contributed by atoms with Gasteiger partial charge in [-0.2, -0.15) is 0 Å². The molecule has 2 rings (SSSR count). The van der Waals surface area contributed by atoms with E-state index in [4.69, 9.17) is 11.6 Å². The minimum absolute atomic E-state index is 0.774. The number of rotatable bonds is 5. The Hall–Kier alpha value is -1.10. The lowest BCUT2D eigenvalue weighted by Gasteiger charge is -2.15. The van der Waals surface area contributed by atoms with Crippen molar-refractivity contribution in [2.75, 3.05) is 19.0 Å². The van der Waals surface area contributed by atoms with Crippen LogP contribution in [-0.4, -0.2) is 19.1 Å². The Morgan fingerprint density at radius 3 is 3.00 bits per heavy atom. The van der Waals surface area contributed by atoms with Crippen molar-refractivity contribution in [1.29, 1.82) is 0 Å². The van der Waals surface area contributed by atoms with Crippen molar-refractivity contribution in [3.63, 3.8) is 0 Å². The highest BCUT2D eigenvalue weighted by atomic mass is 35.5. The van der Waals surface area contributed by atoms with Crippen molar-refractivity contribution in [3.8, 4) is 0 Å². The van der Waals surface area contributed by atoms with Gasteiger partial charge >= 0.3 is 0 Å². The van der Waals surface area contributed by atoms with Gasteiger partial charge in [0.1, 0.15) is 0 Å². The van der Waals surface area contributed by atoms with Crippen LogP contribution in [0.15, 0.2) is 29.6 Å². The molecule has 3 nitrogen and oxygen atoms in total. The van der Waals surface area contributed by atoms with Crippen LogP contribution in [0.1, 0.15) is 11.3 Å². The molecule has 18 heavy (non-hydrogen) atoms. The van der Waals surface area contributed by atoms with Crippen LogP contribution in [-0.2, 0) is 13.1 Å². The topological polar surface area (TPSA) is 28.2 Å². The fraction of sp³-hybridized carbons (Fsp3) is 0.308. The second kappa shape index (κ2) is 6.18. The molecule has 0 amide bonds. The Morgan fingerprint density at radius 1 is 1.44 bits per heavy atom. The maximum Gasteiger partial charge on any atom is 0.185 e. The highest BCUT2D eigenvalue weighted by Crippen LogP contribution is 2.21. The Bertz CT molecular complexity index is 512. The van der Waals surface area contributed by atoms with Crippen LogP contribution < -0.4 is 10.2 Å². The minimum atomic E-state index is 0.774. The maximum atomic E-state index is 5.98. The summed E-state index contributed by atoms with van der Waals surface area (Å²) in [5.41, 5.74) is 2.27. The SMILES string of the molecule is CNCc1csc(N(C)Cc2cccc(Cl)c2)n1. The molecular formula is C13H16ClN3S. The first kappa shape index (κ1) is 13.3. The van der Waals surface area contributed by atoms with Crippen LogP contribution in [0.4, 0.5) is 5.13 Å². The molecule has 96 valence electrons. The largest absolute Gasteiger partial charge is 0.347 e. The molecule has 0 spiro atoms. The van der Waals surface area contributed by atoms with Crippen LogP contribution in [0.3, 0.4) is 0 Å². The zero-order valence-electron chi connectivity index (χ0n) is 10.5. The maximum absolute atomic E-state index is 5.98. The molecule has 0 aliphatic rings. The number of benzene rings is 1. The summed E-state index contributed by atoms with van der Waals surface area (Å²) >= 11 is 7.64. The van der Waals surface area contributed by atoms with E-state index in [2.05, 4.69) is 26.6 Å². The van der Waals surface area contributed by atoms with E-state index in [0.29, 0.717) is 0 Å². The third-order valence-corrected chi connectivity index (χ3v) is 3.77. The molecule has 1 aromatic carbocycles. The number of nitrogens with one attached hydrogen (secondary N) is 1. The van der Waals surface area contributed by atoms with Crippen molar-refractivity contribution >= 4 is 28.1 Å². The zero-order chi connectivity index (χ0) is 13.0. The van der Waals surface area contributed by atoms with Crippen molar-refractivity contribution in [2.45, 2.75) is 13.1 Å². The van der Waals surface area contributed by atoms with Gasteiger partial charge in [0.2, 0.25) is 0 Å². The summed E-state index contributed by atoms with van der Waals surface area (Å²) in [7, 11) is 3.97. The number of thiazole rings is 1.